The van der Waals surface area contributed by atoms with E-state index in [1.54, 1.807) is 0 Å². The zero-order valence-corrected chi connectivity index (χ0v) is 8.08. The van der Waals surface area contributed by atoms with Crippen molar-refractivity contribution >= 4 is 0 Å². The van der Waals surface area contributed by atoms with Crippen LogP contribution in [-0.2, 0) is 6.54 Å². The summed E-state index contributed by atoms with van der Waals surface area (Å²) in [5.41, 5.74) is 0. The van der Waals surface area contributed by atoms with Gasteiger partial charge in [-0.1, -0.05) is 12.1 Å². The van der Waals surface area contributed by atoms with E-state index in [0.29, 0.717) is 24.3 Å². The van der Waals surface area contributed by atoms with Crippen LogP contribution >= 0.6 is 0 Å². The summed E-state index contributed by atoms with van der Waals surface area (Å²) < 4.78 is 4.99. The number of nitrogens with zero attached hydrogens (tertiary/aromatic N) is 2. The van der Waals surface area contributed by atoms with Gasteiger partial charge in [0.2, 0.25) is 5.89 Å². The fourth-order valence-corrected chi connectivity index (χ4v) is 1.71. The van der Waals surface area contributed by atoms with Crippen LogP contribution in [0.3, 0.4) is 0 Å². The van der Waals surface area contributed by atoms with Crippen molar-refractivity contribution in [3.05, 3.63) is 11.7 Å². The average Bonchev–Trinajstić information content (AvgIpc) is 2.43. The van der Waals surface area contributed by atoms with E-state index >= 15 is 0 Å². The van der Waals surface area contributed by atoms with Crippen molar-refractivity contribution in [1.29, 1.82) is 0 Å². The fraction of sp³-hybridized carbons (Fsp3) is 0.778. The Morgan fingerprint density at radius 1 is 1.54 bits per heavy atom. The Balaban J connectivity index is 1.74. The molecule has 1 aromatic rings. The van der Waals surface area contributed by atoms with Crippen molar-refractivity contribution in [2.75, 3.05) is 0 Å². The van der Waals surface area contributed by atoms with Crippen molar-refractivity contribution in [2.45, 2.75) is 39.3 Å². The highest BCUT2D eigenvalue weighted by molar-refractivity contribution is 4.86. The second-order valence-electron chi connectivity index (χ2n) is 3.89. The molecule has 4 nitrogen and oxygen atoms in total. The minimum Gasteiger partial charge on any atom is -0.338 e. The van der Waals surface area contributed by atoms with Crippen molar-refractivity contribution in [3.8, 4) is 0 Å². The molecule has 1 aliphatic rings. The Kier molecular flexibility index (Phi) is 2.31. The van der Waals surface area contributed by atoms with Crippen LogP contribution < -0.4 is 5.32 Å². The molecule has 0 bridgehead atoms. The van der Waals surface area contributed by atoms with Crippen molar-refractivity contribution in [2.24, 2.45) is 5.92 Å². The highest BCUT2D eigenvalue weighted by Gasteiger charge is 2.24. The first-order chi connectivity index (χ1) is 6.24. The molecule has 0 spiro atoms. The minimum atomic E-state index is 0.655. The molecule has 0 saturated heterocycles. The Bertz CT molecular complexity index is 278. The van der Waals surface area contributed by atoms with Gasteiger partial charge in [-0.15, -0.1) is 0 Å². The molecule has 13 heavy (non-hydrogen) atoms. The molecule has 0 amide bonds. The molecule has 1 heterocycles. The van der Waals surface area contributed by atoms with E-state index in [9.17, 15) is 0 Å². The predicted molar refractivity (Wildman–Crippen MR) is 48.1 cm³/mol. The molecule has 1 saturated carbocycles. The molecule has 1 aromatic heterocycles. The summed E-state index contributed by atoms with van der Waals surface area (Å²) in [5, 5.41) is 7.11. The van der Waals surface area contributed by atoms with Gasteiger partial charge in [-0.2, -0.15) is 4.98 Å². The Morgan fingerprint density at radius 2 is 2.31 bits per heavy atom. The van der Waals surface area contributed by atoms with E-state index in [1.807, 2.05) is 6.92 Å². The maximum atomic E-state index is 4.99. The number of aryl methyl sites for hydroxylation is 1. The summed E-state index contributed by atoms with van der Waals surface area (Å²) in [6.45, 7) is 4.81. The third kappa shape index (κ3) is 2.06. The first kappa shape index (κ1) is 8.69. The number of nitrogens with one attached hydrogen (secondary N) is 1. The monoisotopic (exact) mass is 181 g/mol. The van der Waals surface area contributed by atoms with Gasteiger partial charge >= 0.3 is 0 Å². The second kappa shape index (κ2) is 3.46. The summed E-state index contributed by atoms with van der Waals surface area (Å²) in [7, 11) is 0. The van der Waals surface area contributed by atoms with Crippen molar-refractivity contribution in [3.63, 3.8) is 0 Å². The smallest absolute Gasteiger partial charge is 0.240 e. The summed E-state index contributed by atoms with van der Waals surface area (Å²) in [6, 6.07) is 0.655. The van der Waals surface area contributed by atoms with Crippen molar-refractivity contribution < 1.29 is 4.52 Å². The first-order valence-electron chi connectivity index (χ1n) is 4.76. The topological polar surface area (TPSA) is 51.0 Å². The van der Waals surface area contributed by atoms with E-state index < -0.39 is 0 Å². The molecule has 2 rings (SSSR count). The number of aromatic nitrogens is 2. The lowest BCUT2D eigenvalue weighted by Crippen LogP contribution is -2.39. The van der Waals surface area contributed by atoms with Crippen LogP contribution in [0.2, 0.25) is 0 Å². The van der Waals surface area contributed by atoms with Crippen LogP contribution in [0.4, 0.5) is 0 Å². The molecule has 0 unspecified atom stereocenters. The van der Waals surface area contributed by atoms with Gasteiger partial charge < -0.3 is 9.84 Å². The Labute approximate surface area is 77.7 Å². The molecule has 0 radical (unpaired) electrons. The van der Waals surface area contributed by atoms with Crippen LogP contribution in [0.5, 0.6) is 0 Å². The standard InChI is InChI=1S/C9H15N3O/c1-6-3-8(4-6)10-5-9-11-7(2)12-13-9/h6,8,10H,3-5H2,1-2H3. The molecule has 0 aliphatic heterocycles. The molecule has 0 aromatic carbocycles. The fourth-order valence-electron chi connectivity index (χ4n) is 1.71. The lowest BCUT2D eigenvalue weighted by Gasteiger charge is -2.32. The molecule has 4 heteroatoms. The molecular weight excluding hydrogens is 166 g/mol. The molecule has 0 atom stereocenters. The molecule has 72 valence electrons. The van der Waals surface area contributed by atoms with Crippen LogP contribution in [0, 0.1) is 12.8 Å². The SMILES string of the molecule is Cc1noc(CNC2CC(C)C2)n1. The highest BCUT2D eigenvalue weighted by atomic mass is 16.5. The van der Waals surface area contributed by atoms with Crippen LogP contribution in [0.1, 0.15) is 31.5 Å². The third-order valence-corrected chi connectivity index (χ3v) is 2.49. The second-order valence-corrected chi connectivity index (χ2v) is 3.89. The van der Waals surface area contributed by atoms with Gasteiger partial charge in [0.15, 0.2) is 5.82 Å². The Hall–Kier alpha value is -0.900. The number of hydrogen-bond donors (Lipinski definition) is 1. The normalized spacial score (nSPS) is 27.2. The van der Waals surface area contributed by atoms with Gasteiger partial charge in [0.25, 0.3) is 0 Å². The van der Waals surface area contributed by atoms with Gasteiger partial charge in [-0.05, 0) is 25.7 Å². The van der Waals surface area contributed by atoms with Crippen LogP contribution in [0.15, 0.2) is 4.52 Å². The quantitative estimate of drug-likeness (QED) is 0.762. The molecular formula is C9H15N3O. The zero-order valence-electron chi connectivity index (χ0n) is 8.08. The van der Waals surface area contributed by atoms with Gasteiger partial charge in [-0.25, -0.2) is 0 Å². The lowest BCUT2D eigenvalue weighted by molar-refractivity contribution is 0.230. The molecule has 1 aliphatic carbocycles. The van der Waals surface area contributed by atoms with E-state index in [2.05, 4.69) is 22.4 Å². The van der Waals surface area contributed by atoms with E-state index in [1.165, 1.54) is 12.8 Å². The first-order valence-corrected chi connectivity index (χ1v) is 4.76. The molecule has 1 fully saturated rings. The maximum absolute atomic E-state index is 4.99. The highest BCUT2D eigenvalue weighted by Crippen LogP contribution is 2.26. The van der Waals surface area contributed by atoms with Gasteiger partial charge in [0.1, 0.15) is 0 Å². The maximum Gasteiger partial charge on any atom is 0.240 e. The summed E-state index contributed by atoms with van der Waals surface area (Å²) in [6.07, 6.45) is 2.54. The van der Waals surface area contributed by atoms with E-state index in [0.717, 1.165) is 5.92 Å². The van der Waals surface area contributed by atoms with Crippen LogP contribution in [0.25, 0.3) is 0 Å². The third-order valence-electron chi connectivity index (χ3n) is 2.49. The summed E-state index contributed by atoms with van der Waals surface area (Å²) in [4.78, 5) is 4.12. The van der Waals surface area contributed by atoms with Gasteiger partial charge in [0, 0.05) is 6.04 Å². The predicted octanol–water partition coefficient (Wildman–Crippen LogP) is 1.27. The van der Waals surface area contributed by atoms with E-state index in [4.69, 9.17) is 4.52 Å². The zero-order chi connectivity index (χ0) is 9.26. The van der Waals surface area contributed by atoms with Crippen LogP contribution in [-0.4, -0.2) is 16.2 Å². The lowest BCUT2D eigenvalue weighted by atomic mass is 9.82. The minimum absolute atomic E-state index is 0.655. The number of rotatable bonds is 3. The van der Waals surface area contributed by atoms with Gasteiger partial charge in [-0.3, -0.25) is 0 Å². The van der Waals surface area contributed by atoms with Crippen molar-refractivity contribution in [1.82, 2.24) is 15.5 Å². The van der Waals surface area contributed by atoms with Gasteiger partial charge in [0.05, 0.1) is 6.54 Å². The Morgan fingerprint density at radius 3 is 2.85 bits per heavy atom. The summed E-state index contributed by atoms with van der Waals surface area (Å²) in [5.74, 6) is 2.28. The van der Waals surface area contributed by atoms with E-state index in [-0.39, 0.29) is 0 Å². The summed E-state index contributed by atoms with van der Waals surface area (Å²) >= 11 is 0. The number of hydrogen-bond acceptors (Lipinski definition) is 4. The average molecular weight is 181 g/mol. The molecule has 1 N–H and O–H groups in total. The largest absolute Gasteiger partial charge is 0.338 e.